The molecule has 3 aliphatic rings. The van der Waals surface area contributed by atoms with Crippen molar-refractivity contribution in [1.29, 1.82) is 0 Å². The van der Waals surface area contributed by atoms with Gasteiger partial charge >= 0.3 is 0 Å². The topological polar surface area (TPSA) is 73.9 Å². The monoisotopic (exact) mass is 383 g/mol. The molecule has 2 aliphatic carbocycles. The van der Waals surface area contributed by atoms with Gasteiger partial charge in [0.15, 0.2) is 12.1 Å². The van der Waals surface area contributed by atoms with Crippen LogP contribution in [0, 0.1) is 29.1 Å². The first-order valence-corrected chi connectivity index (χ1v) is 10.8. The first kappa shape index (κ1) is 21.5. The van der Waals surface area contributed by atoms with E-state index in [4.69, 9.17) is 19.9 Å². The Labute approximate surface area is 165 Å². The van der Waals surface area contributed by atoms with E-state index in [1.54, 1.807) is 0 Å². The molecule has 2 bridgehead atoms. The normalized spacial score (nSPS) is 41.8. The van der Waals surface area contributed by atoms with Crippen molar-refractivity contribution < 1.29 is 19.3 Å². The Kier molecular flexibility index (Phi) is 5.77. The molecule has 8 unspecified atom stereocenters. The summed E-state index contributed by atoms with van der Waals surface area (Å²) in [5, 5.41) is 10.9. The van der Waals surface area contributed by atoms with Crippen LogP contribution in [0.2, 0.25) is 0 Å². The maximum absolute atomic E-state index is 10.9. The Hall–Kier alpha value is -0.200. The summed E-state index contributed by atoms with van der Waals surface area (Å²) in [5.74, 6) is 1.34. The van der Waals surface area contributed by atoms with Crippen molar-refractivity contribution in [3.8, 4) is 0 Å². The second kappa shape index (κ2) is 7.24. The van der Waals surface area contributed by atoms with E-state index in [0.717, 1.165) is 19.3 Å². The van der Waals surface area contributed by atoms with Crippen LogP contribution in [0.1, 0.15) is 74.1 Å². The van der Waals surface area contributed by atoms with Gasteiger partial charge in [0, 0.05) is 11.0 Å². The predicted octanol–water partition coefficient (Wildman–Crippen LogP) is 3.68. The van der Waals surface area contributed by atoms with Crippen LogP contribution in [0.3, 0.4) is 0 Å². The molecule has 2 saturated carbocycles. The predicted molar refractivity (Wildman–Crippen MR) is 106 cm³/mol. The zero-order valence-electron chi connectivity index (χ0n) is 18.3. The van der Waals surface area contributed by atoms with Crippen molar-refractivity contribution in [1.82, 2.24) is 0 Å². The average molecular weight is 384 g/mol. The third-order valence-corrected chi connectivity index (χ3v) is 7.60. The third kappa shape index (κ3) is 4.09. The molecule has 27 heavy (non-hydrogen) atoms. The summed E-state index contributed by atoms with van der Waals surface area (Å²) in [6.45, 7) is 15.1. The first-order chi connectivity index (χ1) is 12.4. The zero-order valence-corrected chi connectivity index (χ0v) is 18.3. The standard InChI is InChI=1S/C22H41NO4/c1-8-22(7)26-17-14-9-15(16(10-14)18(17)27-22)11-25-19(24)21(6,13(2)3)12-20(4,5)23/h13-19,24H,8-12,23H2,1-7H3. The van der Waals surface area contributed by atoms with E-state index in [2.05, 4.69) is 34.6 Å². The van der Waals surface area contributed by atoms with Gasteiger partial charge in [0.2, 0.25) is 0 Å². The Morgan fingerprint density at radius 3 is 2.37 bits per heavy atom. The second-order valence-corrected chi connectivity index (χ2v) is 10.8. The highest BCUT2D eigenvalue weighted by Gasteiger charge is 2.60. The van der Waals surface area contributed by atoms with Crippen LogP contribution >= 0.6 is 0 Å². The molecule has 0 radical (unpaired) electrons. The maximum Gasteiger partial charge on any atom is 0.166 e. The molecule has 0 aromatic heterocycles. The maximum atomic E-state index is 10.9. The molecule has 1 saturated heterocycles. The summed E-state index contributed by atoms with van der Waals surface area (Å²) in [6, 6.07) is 0. The van der Waals surface area contributed by atoms with Gasteiger partial charge in [-0.25, -0.2) is 0 Å². The fraction of sp³-hybridized carbons (Fsp3) is 1.00. The Balaban J connectivity index is 1.59. The van der Waals surface area contributed by atoms with Gasteiger partial charge in [0.05, 0.1) is 18.8 Å². The average Bonchev–Trinajstić information content (AvgIpc) is 3.20. The van der Waals surface area contributed by atoms with Crippen LogP contribution < -0.4 is 5.73 Å². The van der Waals surface area contributed by atoms with E-state index in [-0.39, 0.29) is 29.1 Å². The summed E-state index contributed by atoms with van der Waals surface area (Å²) in [5.41, 5.74) is 5.55. The number of aliphatic hydroxyl groups excluding tert-OH is 1. The number of ether oxygens (including phenoxy) is 3. The van der Waals surface area contributed by atoms with Gasteiger partial charge in [0.1, 0.15) is 0 Å². The van der Waals surface area contributed by atoms with Crippen molar-refractivity contribution in [3.63, 3.8) is 0 Å². The number of fused-ring (bicyclic) bond motifs is 5. The quantitative estimate of drug-likeness (QED) is 0.626. The number of hydrogen-bond acceptors (Lipinski definition) is 5. The minimum Gasteiger partial charge on any atom is -0.367 e. The molecular formula is C22H41NO4. The summed E-state index contributed by atoms with van der Waals surface area (Å²) in [7, 11) is 0. The fourth-order valence-electron chi connectivity index (χ4n) is 5.63. The minimum atomic E-state index is -0.808. The van der Waals surface area contributed by atoms with Crippen LogP contribution in [0.25, 0.3) is 0 Å². The van der Waals surface area contributed by atoms with Crippen LogP contribution in [-0.4, -0.2) is 41.5 Å². The van der Waals surface area contributed by atoms with Crippen molar-refractivity contribution >= 4 is 0 Å². The van der Waals surface area contributed by atoms with E-state index in [9.17, 15) is 5.11 Å². The van der Waals surface area contributed by atoms with Gasteiger partial charge in [0.25, 0.3) is 0 Å². The molecule has 0 aromatic rings. The van der Waals surface area contributed by atoms with Gasteiger partial charge in [-0.2, -0.15) is 0 Å². The zero-order chi connectivity index (χ0) is 20.2. The van der Waals surface area contributed by atoms with Crippen LogP contribution in [0.5, 0.6) is 0 Å². The van der Waals surface area contributed by atoms with Crippen molar-refractivity contribution in [2.75, 3.05) is 6.61 Å². The molecule has 1 heterocycles. The molecule has 3 N–H and O–H groups in total. The van der Waals surface area contributed by atoms with Gasteiger partial charge in [-0.1, -0.05) is 27.7 Å². The van der Waals surface area contributed by atoms with Gasteiger partial charge in [-0.05, 0) is 70.1 Å². The van der Waals surface area contributed by atoms with Crippen molar-refractivity contribution in [2.24, 2.45) is 34.8 Å². The second-order valence-electron chi connectivity index (χ2n) is 10.8. The molecule has 0 spiro atoms. The van der Waals surface area contributed by atoms with Gasteiger partial charge in [-0.3, -0.25) is 0 Å². The highest BCUT2D eigenvalue weighted by Crippen LogP contribution is 2.56. The summed E-state index contributed by atoms with van der Waals surface area (Å²) in [6.07, 6.45) is 3.50. The highest BCUT2D eigenvalue weighted by atomic mass is 16.8. The number of nitrogens with two attached hydrogens (primary N) is 1. The summed E-state index contributed by atoms with van der Waals surface area (Å²) in [4.78, 5) is 0. The molecule has 3 fully saturated rings. The smallest absolute Gasteiger partial charge is 0.166 e. The highest BCUT2D eigenvalue weighted by molar-refractivity contribution is 5.06. The Bertz CT molecular complexity index is 533. The molecule has 0 amide bonds. The molecule has 5 heteroatoms. The first-order valence-electron chi connectivity index (χ1n) is 10.8. The summed E-state index contributed by atoms with van der Waals surface area (Å²) < 4.78 is 18.6. The molecule has 1 aliphatic heterocycles. The molecule has 3 rings (SSSR count). The molecule has 0 aromatic carbocycles. The van der Waals surface area contributed by atoms with Crippen molar-refractivity contribution in [2.45, 2.75) is 104 Å². The Morgan fingerprint density at radius 2 is 1.81 bits per heavy atom. The van der Waals surface area contributed by atoms with E-state index >= 15 is 0 Å². The van der Waals surface area contributed by atoms with Crippen molar-refractivity contribution in [3.05, 3.63) is 0 Å². The molecule has 8 atom stereocenters. The van der Waals surface area contributed by atoms with Crippen LogP contribution in [0.4, 0.5) is 0 Å². The fourth-order valence-corrected chi connectivity index (χ4v) is 5.63. The minimum absolute atomic E-state index is 0.193. The van der Waals surface area contributed by atoms with Gasteiger partial charge in [-0.15, -0.1) is 0 Å². The van der Waals surface area contributed by atoms with Crippen LogP contribution in [-0.2, 0) is 14.2 Å². The number of hydrogen-bond donors (Lipinski definition) is 2. The number of rotatable bonds is 8. The molecule has 5 nitrogen and oxygen atoms in total. The lowest BCUT2D eigenvalue weighted by Gasteiger charge is -2.42. The van der Waals surface area contributed by atoms with E-state index in [1.807, 2.05) is 13.8 Å². The third-order valence-electron chi connectivity index (χ3n) is 7.60. The lowest BCUT2D eigenvalue weighted by atomic mass is 9.70. The molecular weight excluding hydrogens is 342 g/mol. The van der Waals surface area contributed by atoms with Crippen LogP contribution in [0.15, 0.2) is 0 Å². The SMILES string of the molecule is CCC1(C)OC2C3CC(COC(O)C(C)(CC(C)(C)N)C(C)C)C(C3)C2O1. The Morgan fingerprint density at radius 1 is 1.19 bits per heavy atom. The van der Waals surface area contributed by atoms with E-state index in [0.29, 0.717) is 30.8 Å². The van der Waals surface area contributed by atoms with Gasteiger partial charge < -0.3 is 25.1 Å². The summed E-state index contributed by atoms with van der Waals surface area (Å²) >= 11 is 0. The van der Waals surface area contributed by atoms with E-state index < -0.39 is 12.1 Å². The largest absolute Gasteiger partial charge is 0.367 e. The molecule has 158 valence electrons. The lowest BCUT2D eigenvalue weighted by molar-refractivity contribution is -0.201. The number of aliphatic hydroxyl groups is 1. The lowest BCUT2D eigenvalue weighted by Crippen LogP contribution is -2.48. The van der Waals surface area contributed by atoms with E-state index in [1.165, 1.54) is 0 Å².